The Balaban J connectivity index is 0.882. The number of aryl methyl sites for hydroxylation is 4. The summed E-state index contributed by atoms with van der Waals surface area (Å²) < 4.78 is 27.4. The number of rotatable bonds is 28. The fourth-order valence-corrected chi connectivity index (χ4v) is 11.3. The van der Waals surface area contributed by atoms with Crippen molar-refractivity contribution >= 4 is 63.5 Å². The number of nitrogens with two attached hydrogens (primary N) is 3. The molecule has 0 radical (unpaired) electrons. The zero-order valence-electron chi connectivity index (χ0n) is 51.4. The Morgan fingerprint density at radius 1 is 0.724 bits per heavy atom. The molecule has 2 aliphatic rings. The number of ether oxygens (including phenoxy) is 3. The van der Waals surface area contributed by atoms with Crippen LogP contribution in [0.4, 0.5) is 11.9 Å². The first-order valence-electron chi connectivity index (χ1n) is 29.8. The minimum atomic E-state index is -0.679. The van der Waals surface area contributed by atoms with Crippen molar-refractivity contribution < 1.29 is 43.0 Å². The quantitative estimate of drug-likeness (QED) is 0.0213. The fraction of sp³-hybridized carbons (Fsp3) is 0.517. The fourth-order valence-electron chi connectivity index (χ4n) is 11.3. The van der Waals surface area contributed by atoms with Gasteiger partial charge in [0.15, 0.2) is 5.82 Å². The van der Waals surface area contributed by atoms with Gasteiger partial charge in [0, 0.05) is 75.7 Å². The smallest absolute Gasteiger partial charge is 0.276 e. The summed E-state index contributed by atoms with van der Waals surface area (Å²) in [7, 11) is 1.47. The topological polar surface area (TPSA) is 333 Å². The van der Waals surface area contributed by atoms with Gasteiger partial charge in [0.1, 0.15) is 39.7 Å². The van der Waals surface area contributed by atoms with E-state index in [2.05, 4.69) is 40.5 Å². The summed E-state index contributed by atoms with van der Waals surface area (Å²) in [5.41, 5.74) is 14.7. The third-order valence-corrected chi connectivity index (χ3v) is 16.5. The first kappa shape index (κ1) is 63.0. The maximum atomic E-state index is 14.1. The standard InChI is InChI=1S/C60H82N18O9/c1-10-60(8,87-63)20-29-86-59(6,7)19-16-49(79)73-26-27-74-48(36-73)68-69-54(74)39-17-24-72(25-18-39)21-15-28-85-47-35-41(53(62)81)33-43-51(47)76(58(65-43)67-56(83)45-31-38(5)71-78(45)12-3)23-14-13-22-75-50-42(32-40(52(61)80)34-46(50)84-9)64-57(75)66-55(82)44-30-37(4)70-77(44)11-2/h13-14,30-35,39H,10-12,15-29,36,63H2,1-9H3,(H2,61,80)(H2,62,81)(H,64,66,82)(H,65,67,83)/b14-13+. The Bertz CT molecular complexity index is 3690. The van der Waals surface area contributed by atoms with Crippen molar-refractivity contribution in [2.75, 3.05) is 57.1 Å². The number of nitrogens with zero attached hydrogens (tertiary/aromatic N) is 13. The van der Waals surface area contributed by atoms with E-state index in [1.54, 1.807) is 49.7 Å². The maximum Gasteiger partial charge on any atom is 0.276 e. The molecule has 1 saturated heterocycles. The number of allylic oxidation sites excluding steroid dienone is 2. The van der Waals surface area contributed by atoms with Crippen LogP contribution in [-0.4, -0.2) is 150 Å². The van der Waals surface area contributed by atoms with Crippen LogP contribution in [-0.2, 0) is 53.6 Å². The van der Waals surface area contributed by atoms with Crippen molar-refractivity contribution in [3.63, 3.8) is 0 Å². The predicted molar refractivity (Wildman–Crippen MR) is 325 cm³/mol. The van der Waals surface area contributed by atoms with Gasteiger partial charge in [0.25, 0.3) is 11.8 Å². The van der Waals surface area contributed by atoms with Gasteiger partial charge in [-0.2, -0.15) is 10.2 Å². The molecule has 7 heterocycles. The highest BCUT2D eigenvalue weighted by atomic mass is 16.6. The molecule has 7 aromatic rings. The van der Waals surface area contributed by atoms with Crippen LogP contribution in [0.15, 0.2) is 48.6 Å². The SMILES string of the molecule is CCn1nc(C)cc1C(=O)Nc1nc2cc(C(N)=O)cc(OC)c2n1C/C=C/Cn1c(NC(=O)c2cc(C)nn2CC)nc2cc(C(N)=O)cc(OCCCN3CCC(c4nnc5n4CCN(C(=O)CCC(C)(C)OCCC(C)(CC)ON)C5)CC3)c21. The van der Waals surface area contributed by atoms with Gasteiger partial charge in [-0.3, -0.25) is 48.8 Å². The lowest BCUT2D eigenvalue weighted by molar-refractivity contribution is -0.135. The Morgan fingerprint density at radius 3 is 1.82 bits per heavy atom. The van der Waals surface area contributed by atoms with E-state index < -0.39 is 34.8 Å². The molecule has 0 saturated carbocycles. The zero-order chi connectivity index (χ0) is 62.3. The van der Waals surface area contributed by atoms with Crippen molar-refractivity contribution in [2.24, 2.45) is 17.4 Å². The molecule has 0 bridgehead atoms. The predicted octanol–water partition coefficient (Wildman–Crippen LogP) is 6.01. The van der Waals surface area contributed by atoms with Gasteiger partial charge < -0.3 is 49.2 Å². The molecule has 27 heteroatoms. The summed E-state index contributed by atoms with van der Waals surface area (Å²) in [6.07, 6.45) is 8.54. The number of likely N-dealkylation sites (tertiary alicyclic amines) is 1. The average molecular weight is 1200 g/mol. The summed E-state index contributed by atoms with van der Waals surface area (Å²) in [6.45, 7) is 21.5. The number of methoxy groups -OCH3 is 1. The molecule has 1 fully saturated rings. The number of imidazole rings is 2. The molecule has 5 aromatic heterocycles. The molecule has 2 aliphatic heterocycles. The second kappa shape index (κ2) is 27.0. The Kier molecular flexibility index (Phi) is 19.6. The van der Waals surface area contributed by atoms with E-state index in [1.807, 2.05) is 65.5 Å². The third kappa shape index (κ3) is 14.3. The van der Waals surface area contributed by atoms with E-state index in [0.717, 1.165) is 50.5 Å². The van der Waals surface area contributed by atoms with Gasteiger partial charge >= 0.3 is 0 Å². The number of benzene rings is 2. The van der Waals surface area contributed by atoms with Gasteiger partial charge in [-0.25, -0.2) is 15.9 Å². The number of fused-ring (bicyclic) bond motifs is 3. The molecular formula is C60H82N18O9. The van der Waals surface area contributed by atoms with Crippen LogP contribution in [0.2, 0.25) is 0 Å². The molecule has 0 aliphatic carbocycles. The van der Waals surface area contributed by atoms with Crippen LogP contribution in [0.25, 0.3) is 22.1 Å². The average Bonchev–Trinajstić information content (AvgIpc) is 1.77. The first-order chi connectivity index (χ1) is 41.6. The lowest BCUT2D eigenvalue weighted by Gasteiger charge is -2.33. The molecule has 5 amide bonds. The van der Waals surface area contributed by atoms with E-state index in [9.17, 15) is 24.0 Å². The number of carbonyl (C=O) groups is 5. The molecule has 87 heavy (non-hydrogen) atoms. The minimum absolute atomic E-state index is 0.0715. The van der Waals surface area contributed by atoms with Gasteiger partial charge in [0.2, 0.25) is 29.6 Å². The lowest BCUT2D eigenvalue weighted by Crippen LogP contribution is -2.40. The summed E-state index contributed by atoms with van der Waals surface area (Å²) in [4.78, 5) is 85.7. The summed E-state index contributed by atoms with van der Waals surface area (Å²) in [5, 5.41) is 24.1. The molecule has 0 spiro atoms. The first-order valence-corrected chi connectivity index (χ1v) is 29.8. The Hall–Kier alpha value is -8.53. The molecule has 2 aromatic carbocycles. The summed E-state index contributed by atoms with van der Waals surface area (Å²) in [6, 6.07) is 9.61. The van der Waals surface area contributed by atoms with Crippen LogP contribution in [0.1, 0.15) is 157 Å². The highest BCUT2D eigenvalue weighted by molar-refractivity contribution is 6.05. The maximum absolute atomic E-state index is 14.1. The second-order valence-corrected chi connectivity index (χ2v) is 23.1. The van der Waals surface area contributed by atoms with E-state index in [0.29, 0.717) is 121 Å². The number of nitrogens with one attached hydrogen (secondary N) is 2. The lowest BCUT2D eigenvalue weighted by atomic mass is 9.95. The number of amides is 5. The number of primary amides is 2. The highest BCUT2D eigenvalue weighted by Crippen LogP contribution is 2.35. The number of anilines is 2. The molecule has 27 nitrogen and oxygen atoms in total. The minimum Gasteiger partial charge on any atom is -0.494 e. The third-order valence-electron chi connectivity index (χ3n) is 16.5. The van der Waals surface area contributed by atoms with Crippen LogP contribution >= 0.6 is 0 Å². The largest absolute Gasteiger partial charge is 0.494 e. The van der Waals surface area contributed by atoms with Gasteiger partial charge in [0.05, 0.1) is 60.5 Å². The van der Waals surface area contributed by atoms with Crippen LogP contribution < -0.4 is 37.5 Å². The van der Waals surface area contributed by atoms with Crippen molar-refractivity contribution in [3.05, 3.63) is 94.1 Å². The van der Waals surface area contributed by atoms with Crippen LogP contribution in [0.3, 0.4) is 0 Å². The van der Waals surface area contributed by atoms with E-state index in [4.69, 9.17) is 46.4 Å². The molecule has 1 atom stereocenters. The molecule has 8 N–H and O–H groups in total. The van der Waals surface area contributed by atoms with E-state index in [-0.39, 0.29) is 54.5 Å². The van der Waals surface area contributed by atoms with Crippen molar-refractivity contribution in [3.8, 4) is 11.5 Å². The van der Waals surface area contributed by atoms with Gasteiger partial charge in [-0.05, 0) is 130 Å². The number of hydrogen-bond acceptors (Lipinski definition) is 17. The van der Waals surface area contributed by atoms with Crippen LogP contribution in [0, 0.1) is 13.8 Å². The van der Waals surface area contributed by atoms with Gasteiger partial charge in [-0.1, -0.05) is 19.1 Å². The summed E-state index contributed by atoms with van der Waals surface area (Å²) >= 11 is 0. The van der Waals surface area contributed by atoms with Crippen molar-refractivity contribution in [1.82, 2.24) is 63.2 Å². The Morgan fingerprint density at radius 2 is 1.29 bits per heavy atom. The molecule has 1 unspecified atom stereocenters. The van der Waals surface area contributed by atoms with Crippen LogP contribution in [0.5, 0.6) is 11.5 Å². The monoisotopic (exact) mass is 1200 g/mol. The highest BCUT2D eigenvalue weighted by Gasteiger charge is 2.32. The van der Waals surface area contributed by atoms with E-state index >= 15 is 0 Å². The molecule has 466 valence electrons. The van der Waals surface area contributed by atoms with Gasteiger partial charge in [-0.15, -0.1) is 10.2 Å². The molecular weight excluding hydrogens is 1120 g/mol. The number of piperidine rings is 1. The number of aromatic nitrogens is 11. The number of hydrogen-bond donors (Lipinski definition) is 5. The van der Waals surface area contributed by atoms with Crippen molar-refractivity contribution in [2.45, 2.75) is 157 Å². The zero-order valence-corrected chi connectivity index (χ0v) is 51.4. The van der Waals surface area contributed by atoms with E-state index in [1.165, 1.54) is 19.2 Å². The molecule has 9 rings (SSSR count). The summed E-state index contributed by atoms with van der Waals surface area (Å²) in [5.74, 6) is 6.33. The normalized spacial score (nSPS) is 14.9. The van der Waals surface area contributed by atoms with Crippen molar-refractivity contribution in [1.29, 1.82) is 0 Å². The second-order valence-electron chi connectivity index (χ2n) is 23.1. The number of carbonyl (C=O) groups excluding carboxylic acids is 5. The Labute approximate surface area is 504 Å².